The predicted molar refractivity (Wildman–Crippen MR) is 63.3 cm³/mol. The van der Waals surface area contributed by atoms with E-state index in [1.54, 1.807) is 0 Å². The zero-order chi connectivity index (χ0) is 11.2. The van der Waals surface area contributed by atoms with E-state index in [-0.39, 0.29) is 0 Å². The summed E-state index contributed by atoms with van der Waals surface area (Å²) in [5.74, 6) is 0. The van der Waals surface area contributed by atoms with Gasteiger partial charge in [-0.3, -0.25) is 0 Å². The van der Waals surface area contributed by atoms with Gasteiger partial charge >= 0.3 is 0 Å². The quantitative estimate of drug-likeness (QED) is 0.711. The summed E-state index contributed by atoms with van der Waals surface area (Å²) in [5.41, 5.74) is 0. The first-order valence-corrected chi connectivity index (χ1v) is 6.19. The molecule has 1 heterocycles. The fraction of sp³-hybridized carbons (Fsp3) is 0.750. The molecule has 1 saturated carbocycles. The molecule has 0 saturated heterocycles. The van der Waals surface area contributed by atoms with Gasteiger partial charge in [0.1, 0.15) is 0 Å². The van der Waals surface area contributed by atoms with Crippen molar-refractivity contribution in [2.24, 2.45) is 0 Å². The molecular weight excluding hydrogens is 202 g/mol. The van der Waals surface area contributed by atoms with E-state index >= 15 is 0 Å². The largest absolute Gasteiger partial charge is 0.378 e. The molecule has 4 heteroatoms. The number of imidazole rings is 1. The zero-order valence-electron chi connectivity index (χ0n) is 9.93. The fourth-order valence-electron chi connectivity index (χ4n) is 2.09. The van der Waals surface area contributed by atoms with Crippen LogP contribution in [0, 0.1) is 0 Å². The van der Waals surface area contributed by atoms with Gasteiger partial charge in [0.15, 0.2) is 0 Å². The van der Waals surface area contributed by atoms with Crippen molar-refractivity contribution in [2.75, 3.05) is 13.2 Å². The van der Waals surface area contributed by atoms with Gasteiger partial charge in [-0.15, -0.1) is 0 Å². The van der Waals surface area contributed by atoms with Crippen LogP contribution in [0.2, 0.25) is 0 Å². The maximum absolute atomic E-state index is 5.52. The summed E-state index contributed by atoms with van der Waals surface area (Å²) in [6, 6.07) is 0.680. The van der Waals surface area contributed by atoms with Crippen LogP contribution in [0.4, 0.5) is 0 Å². The highest BCUT2D eigenvalue weighted by Crippen LogP contribution is 2.22. The first kappa shape index (κ1) is 11.6. The maximum atomic E-state index is 5.52. The van der Waals surface area contributed by atoms with E-state index in [0.29, 0.717) is 12.1 Å². The number of hydrogen-bond donors (Lipinski definition) is 1. The van der Waals surface area contributed by atoms with E-state index in [9.17, 15) is 0 Å². The molecule has 1 N–H and O–H groups in total. The molecule has 0 aliphatic heterocycles. The average molecular weight is 223 g/mol. The monoisotopic (exact) mass is 223 g/mol. The van der Waals surface area contributed by atoms with Gasteiger partial charge in [-0.2, -0.15) is 0 Å². The number of nitrogens with zero attached hydrogens (tertiary/aromatic N) is 2. The second-order valence-corrected chi connectivity index (χ2v) is 4.35. The SMILES string of the molecule is CCOC1CC(NCCCn2ccnc2)C1. The normalized spacial score (nSPS) is 24.3. The van der Waals surface area contributed by atoms with Crippen LogP contribution in [0.1, 0.15) is 26.2 Å². The lowest BCUT2D eigenvalue weighted by Gasteiger charge is -2.35. The summed E-state index contributed by atoms with van der Waals surface area (Å²) < 4.78 is 7.64. The van der Waals surface area contributed by atoms with Gasteiger partial charge in [-0.05, 0) is 32.7 Å². The van der Waals surface area contributed by atoms with E-state index in [2.05, 4.69) is 21.8 Å². The molecule has 0 aromatic carbocycles. The number of aryl methyl sites for hydroxylation is 1. The van der Waals surface area contributed by atoms with Crippen LogP contribution in [0.25, 0.3) is 0 Å². The molecule has 1 aliphatic rings. The van der Waals surface area contributed by atoms with Gasteiger partial charge in [0.25, 0.3) is 0 Å². The number of aromatic nitrogens is 2. The van der Waals surface area contributed by atoms with E-state index in [1.165, 1.54) is 12.8 Å². The first-order chi connectivity index (χ1) is 7.88. The minimum Gasteiger partial charge on any atom is -0.378 e. The summed E-state index contributed by atoms with van der Waals surface area (Å²) in [6.07, 6.45) is 9.73. The Labute approximate surface area is 97.0 Å². The molecule has 0 bridgehead atoms. The van der Waals surface area contributed by atoms with E-state index in [1.807, 2.05) is 18.7 Å². The first-order valence-electron chi connectivity index (χ1n) is 6.19. The number of nitrogens with one attached hydrogen (secondary N) is 1. The highest BCUT2D eigenvalue weighted by Gasteiger charge is 2.28. The van der Waals surface area contributed by atoms with Crippen molar-refractivity contribution < 1.29 is 4.74 Å². The van der Waals surface area contributed by atoms with Crippen LogP contribution >= 0.6 is 0 Å². The second-order valence-electron chi connectivity index (χ2n) is 4.35. The van der Waals surface area contributed by atoms with E-state index in [0.717, 1.165) is 26.1 Å². The molecule has 4 nitrogen and oxygen atoms in total. The Morgan fingerprint density at radius 1 is 1.50 bits per heavy atom. The third-order valence-electron chi connectivity index (χ3n) is 3.08. The lowest BCUT2D eigenvalue weighted by atomic mass is 9.89. The molecule has 2 rings (SSSR count). The number of hydrogen-bond acceptors (Lipinski definition) is 3. The molecule has 1 aromatic rings. The smallest absolute Gasteiger partial charge is 0.0945 e. The summed E-state index contributed by atoms with van der Waals surface area (Å²) in [5, 5.41) is 3.56. The molecule has 0 spiro atoms. The van der Waals surface area contributed by atoms with Crippen molar-refractivity contribution in [3.05, 3.63) is 18.7 Å². The highest BCUT2D eigenvalue weighted by atomic mass is 16.5. The van der Waals surface area contributed by atoms with Crippen molar-refractivity contribution in [3.8, 4) is 0 Å². The van der Waals surface area contributed by atoms with Gasteiger partial charge in [0.2, 0.25) is 0 Å². The van der Waals surface area contributed by atoms with Gasteiger partial charge in [-0.25, -0.2) is 4.98 Å². The van der Waals surface area contributed by atoms with Crippen molar-refractivity contribution >= 4 is 0 Å². The molecule has 0 amide bonds. The Balaban J connectivity index is 1.47. The summed E-state index contributed by atoms with van der Waals surface area (Å²) in [6.45, 7) is 5.04. The molecule has 0 unspecified atom stereocenters. The lowest BCUT2D eigenvalue weighted by molar-refractivity contribution is -0.00978. The van der Waals surface area contributed by atoms with Crippen LogP contribution in [0.3, 0.4) is 0 Å². The topological polar surface area (TPSA) is 39.1 Å². The molecule has 1 fully saturated rings. The molecule has 1 aromatic heterocycles. The molecule has 0 atom stereocenters. The van der Waals surface area contributed by atoms with Crippen LogP contribution in [0.15, 0.2) is 18.7 Å². The number of rotatable bonds is 7. The van der Waals surface area contributed by atoms with E-state index < -0.39 is 0 Å². The van der Waals surface area contributed by atoms with E-state index in [4.69, 9.17) is 4.74 Å². The van der Waals surface area contributed by atoms with Crippen LogP contribution in [0.5, 0.6) is 0 Å². The Morgan fingerprint density at radius 3 is 3.06 bits per heavy atom. The Morgan fingerprint density at radius 2 is 2.38 bits per heavy atom. The predicted octanol–water partition coefficient (Wildman–Crippen LogP) is 1.43. The van der Waals surface area contributed by atoms with Crippen molar-refractivity contribution in [3.63, 3.8) is 0 Å². The van der Waals surface area contributed by atoms with Gasteiger partial charge in [-0.1, -0.05) is 0 Å². The molecule has 16 heavy (non-hydrogen) atoms. The van der Waals surface area contributed by atoms with Crippen molar-refractivity contribution in [1.29, 1.82) is 0 Å². The van der Waals surface area contributed by atoms with Gasteiger partial charge in [0, 0.05) is 31.6 Å². The van der Waals surface area contributed by atoms with Crippen LogP contribution < -0.4 is 5.32 Å². The third kappa shape index (κ3) is 3.32. The van der Waals surface area contributed by atoms with Crippen LogP contribution in [-0.2, 0) is 11.3 Å². The molecular formula is C12H21N3O. The Hall–Kier alpha value is -0.870. The average Bonchev–Trinajstić information content (AvgIpc) is 2.72. The van der Waals surface area contributed by atoms with Crippen molar-refractivity contribution in [2.45, 2.75) is 44.9 Å². The minimum absolute atomic E-state index is 0.510. The third-order valence-corrected chi connectivity index (χ3v) is 3.08. The summed E-state index contributed by atoms with van der Waals surface area (Å²) in [4.78, 5) is 4.02. The molecule has 0 radical (unpaired) electrons. The molecule has 1 aliphatic carbocycles. The summed E-state index contributed by atoms with van der Waals surface area (Å²) >= 11 is 0. The maximum Gasteiger partial charge on any atom is 0.0945 e. The second kappa shape index (κ2) is 6.01. The van der Waals surface area contributed by atoms with Crippen molar-refractivity contribution in [1.82, 2.24) is 14.9 Å². The molecule has 90 valence electrons. The summed E-state index contributed by atoms with van der Waals surface area (Å²) in [7, 11) is 0. The Bertz CT molecular complexity index is 280. The van der Waals surface area contributed by atoms with Gasteiger partial charge < -0.3 is 14.6 Å². The van der Waals surface area contributed by atoms with Gasteiger partial charge in [0.05, 0.1) is 12.4 Å². The lowest BCUT2D eigenvalue weighted by Crippen LogP contribution is -2.45. The Kier molecular flexibility index (Phi) is 4.36. The zero-order valence-corrected chi connectivity index (χ0v) is 9.93. The standard InChI is InChI=1S/C12H21N3O/c1-2-16-12-8-11(9-12)14-4-3-6-15-7-5-13-10-15/h5,7,10-12,14H,2-4,6,8-9H2,1H3. The van der Waals surface area contributed by atoms with Crippen LogP contribution in [-0.4, -0.2) is 34.8 Å². The fourth-order valence-corrected chi connectivity index (χ4v) is 2.09. The minimum atomic E-state index is 0.510. The highest BCUT2D eigenvalue weighted by molar-refractivity contribution is 4.85. The number of ether oxygens (including phenoxy) is 1.